The number of hydrogen-bond donors (Lipinski definition) is 2. The first-order valence-electron chi connectivity index (χ1n) is 14.8. The molecule has 0 bridgehead atoms. The number of rotatable bonds is 9. The van der Waals surface area contributed by atoms with Crippen LogP contribution in [-0.4, -0.2) is 37.8 Å². The molecule has 226 valence electrons. The molecule has 0 atom stereocenters. The SMILES string of the molecule is C=c1/c(=C(/C)N=C(C)C)ncn1-c1ccncc1.CCCCCCC.CCCNC(=O)CC.Cc1ccc(O)cc1. The standard InChI is InChI=1S/C14H16N4.C7H8O.C7H16.C6H13NO/c1-10(2)17-11(3)14-12(4)18(9-16-14)13-5-7-15-8-6-13;1-6-2-4-7(8)5-3-6;1-3-5-7-6-4-2;1-3-5-7-6(8)4-2/h5-9H,4H2,1-3H3;2-5,8H,1H3;3-7H2,1-2H3;3-5H2,1-2H3,(H,7,8)/b14-11+;;;. The van der Waals surface area contributed by atoms with Gasteiger partial charge in [-0.1, -0.05) is 84.1 Å². The molecule has 1 aromatic carbocycles. The molecule has 0 radical (unpaired) electrons. The molecule has 2 aromatic heterocycles. The first-order chi connectivity index (χ1) is 19.6. The van der Waals surface area contributed by atoms with Gasteiger partial charge in [-0.15, -0.1) is 0 Å². The summed E-state index contributed by atoms with van der Waals surface area (Å²) >= 11 is 0. The second kappa shape index (κ2) is 23.0. The van der Waals surface area contributed by atoms with Gasteiger partial charge in [0.05, 0.1) is 16.7 Å². The third-order valence-electron chi connectivity index (χ3n) is 5.68. The normalized spacial score (nSPS) is 10.4. The second-order valence-corrected chi connectivity index (χ2v) is 9.86. The summed E-state index contributed by atoms with van der Waals surface area (Å²) in [6, 6.07) is 10.9. The number of nitrogens with one attached hydrogen (secondary N) is 1. The van der Waals surface area contributed by atoms with E-state index < -0.39 is 0 Å². The quantitative estimate of drug-likeness (QED) is 0.219. The van der Waals surface area contributed by atoms with Crippen molar-refractivity contribution in [1.82, 2.24) is 19.9 Å². The maximum atomic E-state index is 10.5. The van der Waals surface area contributed by atoms with Crippen LogP contribution in [0.5, 0.6) is 5.75 Å². The van der Waals surface area contributed by atoms with Crippen molar-refractivity contribution in [3.05, 3.63) is 71.4 Å². The lowest BCUT2D eigenvalue weighted by molar-refractivity contribution is -0.120. The first-order valence-corrected chi connectivity index (χ1v) is 14.8. The van der Waals surface area contributed by atoms with Crippen LogP contribution in [0.4, 0.5) is 0 Å². The van der Waals surface area contributed by atoms with Crippen LogP contribution in [0.15, 0.2) is 60.1 Å². The number of amides is 1. The van der Waals surface area contributed by atoms with Crippen LogP contribution >= 0.6 is 0 Å². The lowest BCUT2D eigenvalue weighted by Gasteiger charge is -2.00. The van der Waals surface area contributed by atoms with Crippen LogP contribution in [0.1, 0.15) is 99.0 Å². The number of unbranched alkanes of at least 4 members (excludes halogenated alkanes) is 4. The molecule has 1 amide bonds. The Kier molecular flexibility index (Phi) is 20.9. The third-order valence-corrected chi connectivity index (χ3v) is 5.68. The number of carbonyl (C=O) groups excluding carboxylic acids is 1. The fourth-order valence-corrected chi connectivity index (χ4v) is 3.40. The summed E-state index contributed by atoms with van der Waals surface area (Å²) in [6.45, 7) is 21.1. The van der Waals surface area contributed by atoms with Crippen LogP contribution in [0.25, 0.3) is 18.0 Å². The van der Waals surface area contributed by atoms with Gasteiger partial charge in [0.15, 0.2) is 0 Å². The fourth-order valence-electron chi connectivity index (χ4n) is 3.40. The Bertz CT molecular complexity index is 1200. The predicted molar refractivity (Wildman–Crippen MR) is 175 cm³/mol. The maximum Gasteiger partial charge on any atom is 0.219 e. The van der Waals surface area contributed by atoms with E-state index >= 15 is 0 Å². The third kappa shape index (κ3) is 17.5. The molecular weight excluding hydrogens is 510 g/mol. The van der Waals surface area contributed by atoms with Gasteiger partial charge in [0.1, 0.15) is 17.4 Å². The van der Waals surface area contributed by atoms with Crippen molar-refractivity contribution in [2.24, 2.45) is 4.99 Å². The molecule has 41 heavy (non-hydrogen) atoms. The maximum absolute atomic E-state index is 10.5. The van der Waals surface area contributed by atoms with Crippen molar-refractivity contribution in [3.63, 3.8) is 0 Å². The predicted octanol–water partition coefficient (Wildman–Crippen LogP) is 6.89. The minimum Gasteiger partial charge on any atom is -0.508 e. The van der Waals surface area contributed by atoms with Crippen molar-refractivity contribution >= 4 is 23.9 Å². The Morgan fingerprint density at radius 3 is 1.98 bits per heavy atom. The smallest absolute Gasteiger partial charge is 0.219 e. The Balaban J connectivity index is 0.000000583. The monoisotopic (exact) mass is 563 g/mol. The lowest BCUT2D eigenvalue weighted by atomic mass is 10.2. The topological polar surface area (TPSA) is 92.4 Å². The van der Waals surface area contributed by atoms with E-state index in [-0.39, 0.29) is 5.91 Å². The van der Waals surface area contributed by atoms with E-state index in [0.29, 0.717) is 12.2 Å². The number of benzene rings is 1. The van der Waals surface area contributed by atoms with Crippen molar-refractivity contribution in [2.75, 3.05) is 6.54 Å². The molecule has 0 aliphatic rings. The number of aryl methyl sites for hydroxylation is 1. The molecular formula is C34H53N5O2. The number of aromatic nitrogens is 3. The number of pyridine rings is 1. The highest BCUT2D eigenvalue weighted by Gasteiger charge is 2.01. The number of phenols is 1. The van der Waals surface area contributed by atoms with Gasteiger partial charge in [-0.05, 0) is 58.4 Å². The molecule has 0 saturated heterocycles. The molecule has 2 heterocycles. The molecule has 3 aromatic rings. The highest BCUT2D eigenvalue weighted by Crippen LogP contribution is 2.07. The zero-order valence-electron chi connectivity index (χ0n) is 26.7. The van der Waals surface area contributed by atoms with E-state index in [9.17, 15) is 4.79 Å². The average Bonchev–Trinajstić information content (AvgIpc) is 3.36. The van der Waals surface area contributed by atoms with E-state index in [1.54, 1.807) is 30.9 Å². The molecule has 3 rings (SSSR count). The van der Waals surface area contributed by atoms with Crippen molar-refractivity contribution in [3.8, 4) is 11.4 Å². The summed E-state index contributed by atoms with van der Waals surface area (Å²) in [6.07, 6.45) is 13.9. The molecule has 7 nitrogen and oxygen atoms in total. The average molecular weight is 564 g/mol. The van der Waals surface area contributed by atoms with Crippen molar-refractivity contribution in [2.45, 2.75) is 100 Å². The zero-order chi connectivity index (χ0) is 31.0. The van der Waals surface area contributed by atoms with Crippen molar-refractivity contribution < 1.29 is 9.90 Å². The minimum atomic E-state index is 0.145. The van der Waals surface area contributed by atoms with Gasteiger partial charge < -0.3 is 10.4 Å². The number of aliphatic imine (C=N–C) groups is 1. The summed E-state index contributed by atoms with van der Waals surface area (Å²) < 4.78 is 1.93. The Hall–Kier alpha value is -3.74. The summed E-state index contributed by atoms with van der Waals surface area (Å²) in [4.78, 5) is 23.3. The number of nitrogens with zero attached hydrogens (tertiary/aromatic N) is 4. The molecule has 0 aliphatic carbocycles. The summed E-state index contributed by atoms with van der Waals surface area (Å²) in [5.74, 6) is 0.474. The van der Waals surface area contributed by atoms with Gasteiger partial charge in [-0.2, -0.15) is 0 Å². The molecule has 7 heteroatoms. The number of hydrogen-bond acceptors (Lipinski definition) is 5. The van der Waals surface area contributed by atoms with E-state index in [2.05, 4.69) is 40.7 Å². The summed E-state index contributed by atoms with van der Waals surface area (Å²) in [5, 5.41) is 13.2. The molecule has 0 unspecified atom stereocenters. The first kappa shape index (κ1) is 37.3. The second-order valence-electron chi connectivity index (χ2n) is 9.86. The van der Waals surface area contributed by atoms with Gasteiger partial charge in [0, 0.05) is 31.1 Å². The molecule has 0 aliphatic heterocycles. The highest BCUT2D eigenvalue weighted by molar-refractivity contribution is 5.82. The van der Waals surface area contributed by atoms with E-state index in [1.165, 1.54) is 37.7 Å². The molecule has 2 N–H and O–H groups in total. The Labute approximate surface area is 248 Å². The molecule has 0 saturated carbocycles. The number of carbonyl (C=O) groups is 1. The largest absolute Gasteiger partial charge is 0.508 e. The van der Waals surface area contributed by atoms with E-state index in [4.69, 9.17) is 5.11 Å². The van der Waals surface area contributed by atoms with E-state index in [1.807, 2.05) is 70.4 Å². The molecule has 0 spiro atoms. The van der Waals surface area contributed by atoms with Gasteiger partial charge in [-0.3, -0.25) is 19.3 Å². The van der Waals surface area contributed by atoms with Crippen LogP contribution in [0.2, 0.25) is 0 Å². The Morgan fingerprint density at radius 1 is 0.927 bits per heavy atom. The number of phenolic OH excluding ortho intramolecular Hbond substituents is 1. The lowest BCUT2D eigenvalue weighted by Crippen LogP contribution is -2.29. The van der Waals surface area contributed by atoms with Gasteiger partial charge in [0.2, 0.25) is 5.91 Å². The number of imidazole rings is 1. The summed E-state index contributed by atoms with van der Waals surface area (Å²) in [7, 11) is 0. The van der Waals surface area contributed by atoms with Crippen LogP contribution in [0, 0.1) is 6.92 Å². The van der Waals surface area contributed by atoms with Gasteiger partial charge in [0.25, 0.3) is 0 Å². The van der Waals surface area contributed by atoms with Gasteiger partial charge >= 0.3 is 0 Å². The zero-order valence-corrected chi connectivity index (χ0v) is 26.7. The summed E-state index contributed by atoms with van der Waals surface area (Å²) in [5.41, 5.74) is 4.06. The number of aromatic hydroxyl groups is 1. The Morgan fingerprint density at radius 2 is 1.51 bits per heavy atom. The highest BCUT2D eigenvalue weighted by atomic mass is 16.3. The van der Waals surface area contributed by atoms with E-state index in [0.717, 1.165) is 40.8 Å². The van der Waals surface area contributed by atoms with Gasteiger partial charge in [-0.25, -0.2) is 4.98 Å². The van der Waals surface area contributed by atoms with Crippen LogP contribution < -0.4 is 16.0 Å². The van der Waals surface area contributed by atoms with Crippen LogP contribution in [-0.2, 0) is 4.79 Å². The van der Waals surface area contributed by atoms with Crippen molar-refractivity contribution in [1.29, 1.82) is 0 Å². The van der Waals surface area contributed by atoms with Crippen LogP contribution in [0.3, 0.4) is 0 Å². The molecule has 0 fully saturated rings. The fraction of sp³-hybridized carbons (Fsp3) is 0.471. The minimum absolute atomic E-state index is 0.145.